The molecule has 0 heterocycles. The molecular weight excluding hydrogens is 294 g/mol. The standard InChI is InChI=1S/C17H27N3O3/c1-4-23-12-15-8-6-5-7-14(15)11-19-17(22)18-10-9-16(21)20-13(2)3/h5-8,13H,4,9-12H2,1-3H3,(H,20,21)(H2,18,19,22). The number of carbonyl (C=O) groups excluding carboxylic acids is 2. The van der Waals surface area contributed by atoms with Crippen molar-refractivity contribution in [3.8, 4) is 0 Å². The molecule has 0 radical (unpaired) electrons. The number of benzene rings is 1. The van der Waals surface area contributed by atoms with E-state index in [0.717, 1.165) is 11.1 Å². The van der Waals surface area contributed by atoms with E-state index in [4.69, 9.17) is 4.74 Å². The Labute approximate surface area is 138 Å². The summed E-state index contributed by atoms with van der Waals surface area (Å²) < 4.78 is 5.42. The number of ether oxygens (including phenoxy) is 1. The van der Waals surface area contributed by atoms with Gasteiger partial charge in [-0.15, -0.1) is 0 Å². The summed E-state index contributed by atoms with van der Waals surface area (Å²) in [5, 5.41) is 8.25. The van der Waals surface area contributed by atoms with Crippen molar-refractivity contribution in [2.45, 2.75) is 46.4 Å². The molecule has 0 aliphatic rings. The van der Waals surface area contributed by atoms with E-state index in [1.54, 1.807) is 0 Å². The first-order chi connectivity index (χ1) is 11.0. The second kappa shape index (κ2) is 10.6. The van der Waals surface area contributed by atoms with Crippen molar-refractivity contribution in [2.75, 3.05) is 13.2 Å². The van der Waals surface area contributed by atoms with Crippen molar-refractivity contribution in [3.63, 3.8) is 0 Å². The number of hydrogen-bond donors (Lipinski definition) is 3. The van der Waals surface area contributed by atoms with Gasteiger partial charge in [-0.2, -0.15) is 0 Å². The maximum absolute atomic E-state index is 11.8. The van der Waals surface area contributed by atoms with Crippen LogP contribution in [-0.2, 0) is 22.7 Å². The van der Waals surface area contributed by atoms with Crippen LogP contribution >= 0.6 is 0 Å². The Morgan fingerprint density at radius 3 is 2.48 bits per heavy atom. The fourth-order valence-electron chi connectivity index (χ4n) is 2.00. The Morgan fingerprint density at radius 2 is 1.83 bits per heavy atom. The number of hydrogen-bond acceptors (Lipinski definition) is 3. The molecule has 1 aromatic rings. The fourth-order valence-corrected chi connectivity index (χ4v) is 2.00. The number of carbonyl (C=O) groups is 2. The van der Waals surface area contributed by atoms with E-state index in [2.05, 4.69) is 16.0 Å². The van der Waals surface area contributed by atoms with Gasteiger partial charge in [0.15, 0.2) is 0 Å². The summed E-state index contributed by atoms with van der Waals surface area (Å²) in [6, 6.07) is 7.66. The average Bonchev–Trinajstić information content (AvgIpc) is 2.51. The van der Waals surface area contributed by atoms with Crippen molar-refractivity contribution in [3.05, 3.63) is 35.4 Å². The van der Waals surface area contributed by atoms with Gasteiger partial charge in [0.1, 0.15) is 0 Å². The molecule has 1 rings (SSSR count). The zero-order chi connectivity index (χ0) is 17.1. The summed E-state index contributed by atoms with van der Waals surface area (Å²) in [5.41, 5.74) is 2.08. The van der Waals surface area contributed by atoms with E-state index in [-0.39, 0.29) is 24.4 Å². The molecule has 0 fully saturated rings. The molecule has 23 heavy (non-hydrogen) atoms. The number of rotatable bonds is 9. The van der Waals surface area contributed by atoms with Crippen LogP contribution < -0.4 is 16.0 Å². The third-order valence-electron chi connectivity index (χ3n) is 3.11. The van der Waals surface area contributed by atoms with E-state index < -0.39 is 0 Å². The van der Waals surface area contributed by atoms with E-state index in [1.807, 2.05) is 45.0 Å². The van der Waals surface area contributed by atoms with Gasteiger partial charge in [0, 0.05) is 32.2 Å². The lowest BCUT2D eigenvalue weighted by Crippen LogP contribution is -2.38. The maximum Gasteiger partial charge on any atom is 0.315 e. The normalized spacial score (nSPS) is 10.4. The molecule has 0 aliphatic heterocycles. The quantitative estimate of drug-likeness (QED) is 0.650. The van der Waals surface area contributed by atoms with Crippen molar-refractivity contribution in [1.29, 1.82) is 0 Å². The molecule has 0 bridgehead atoms. The third-order valence-corrected chi connectivity index (χ3v) is 3.11. The lowest BCUT2D eigenvalue weighted by molar-refractivity contribution is -0.121. The zero-order valence-electron chi connectivity index (χ0n) is 14.1. The van der Waals surface area contributed by atoms with Gasteiger partial charge in [0.25, 0.3) is 0 Å². The van der Waals surface area contributed by atoms with Crippen molar-refractivity contribution in [1.82, 2.24) is 16.0 Å². The van der Waals surface area contributed by atoms with Crippen molar-refractivity contribution >= 4 is 11.9 Å². The molecule has 0 aromatic heterocycles. The highest BCUT2D eigenvalue weighted by Crippen LogP contribution is 2.09. The summed E-state index contributed by atoms with van der Waals surface area (Å²) >= 11 is 0. The van der Waals surface area contributed by atoms with Gasteiger partial charge < -0.3 is 20.7 Å². The Balaban J connectivity index is 2.32. The van der Waals surface area contributed by atoms with Gasteiger partial charge in [0.2, 0.25) is 5.91 Å². The molecular formula is C17H27N3O3. The summed E-state index contributed by atoms with van der Waals surface area (Å²) in [6.45, 7) is 7.67. The maximum atomic E-state index is 11.8. The van der Waals surface area contributed by atoms with Crippen LogP contribution in [0, 0.1) is 0 Å². The summed E-state index contributed by atoms with van der Waals surface area (Å²) in [7, 11) is 0. The minimum absolute atomic E-state index is 0.0673. The number of amides is 3. The minimum Gasteiger partial charge on any atom is -0.377 e. The molecule has 1 aromatic carbocycles. The molecule has 0 atom stereocenters. The molecule has 0 unspecified atom stereocenters. The molecule has 0 spiro atoms. The monoisotopic (exact) mass is 321 g/mol. The van der Waals surface area contributed by atoms with Crippen LogP contribution in [0.15, 0.2) is 24.3 Å². The van der Waals surface area contributed by atoms with Gasteiger partial charge in [-0.05, 0) is 31.9 Å². The first-order valence-electron chi connectivity index (χ1n) is 7.98. The Morgan fingerprint density at radius 1 is 1.13 bits per heavy atom. The van der Waals surface area contributed by atoms with Gasteiger partial charge in [0.05, 0.1) is 6.61 Å². The first kappa shape index (κ1) is 19.0. The van der Waals surface area contributed by atoms with Crippen LogP contribution in [0.2, 0.25) is 0 Å². The predicted octanol–water partition coefficient (Wildman–Crippen LogP) is 1.94. The molecule has 0 aliphatic carbocycles. The van der Waals surface area contributed by atoms with Crippen molar-refractivity contribution in [2.24, 2.45) is 0 Å². The second-order valence-electron chi connectivity index (χ2n) is 5.49. The highest BCUT2D eigenvalue weighted by Gasteiger charge is 2.06. The highest BCUT2D eigenvalue weighted by atomic mass is 16.5. The lowest BCUT2D eigenvalue weighted by Gasteiger charge is -2.12. The van der Waals surface area contributed by atoms with Crippen LogP contribution in [0.4, 0.5) is 4.79 Å². The van der Waals surface area contributed by atoms with Crippen LogP contribution in [0.3, 0.4) is 0 Å². The van der Waals surface area contributed by atoms with Gasteiger partial charge >= 0.3 is 6.03 Å². The molecule has 6 heteroatoms. The summed E-state index contributed by atoms with van der Waals surface area (Å²) in [5.74, 6) is -0.0673. The zero-order valence-corrected chi connectivity index (χ0v) is 14.1. The molecule has 3 amide bonds. The SMILES string of the molecule is CCOCc1ccccc1CNC(=O)NCCC(=O)NC(C)C. The van der Waals surface area contributed by atoms with E-state index in [9.17, 15) is 9.59 Å². The fraction of sp³-hybridized carbons (Fsp3) is 0.529. The molecule has 3 N–H and O–H groups in total. The molecule has 0 saturated carbocycles. The summed E-state index contributed by atoms with van der Waals surface area (Å²) in [4.78, 5) is 23.2. The predicted molar refractivity (Wildman–Crippen MR) is 89.9 cm³/mol. The largest absolute Gasteiger partial charge is 0.377 e. The second-order valence-corrected chi connectivity index (χ2v) is 5.49. The minimum atomic E-state index is -0.284. The van der Waals surface area contributed by atoms with Gasteiger partial charge in [-0.25, -0.2) is 4.79 Å². The van der Waals surface area contributed by atoms with E-state index in [1.165, 1.54) is 0 Å². The Kier molecular flexibility index (Phi) is 8.75. The first-order valence-corrected chi connectivity index (χ1v) is 7.98. The van der Waals surface area contributed by atoms with Crippen LogP contribution in [0.5, 0.6) is 0 Å². The average molecular weight is 321 g/mol. The molecule has 6 nitrogen and oxygen atoms in total. The van der Waals surface area contributed by atoms with Gasteiger partial charge in [-0.3, -0.25) is 4.79 Å². The number of nitrogens with one attached hydrogen (secondary N) is 3. The highest BCUT2D eigenvalue weighted by molar-refractivity contribution is 5.78. The van der Waals surface area contributed by atoms with E-state index >= 15 is 0 Å². The Bertz CT molecular complexity index is 504. The Hall–Kier alpha value is -2.08. The van der Waals surface area contributed by atoms with E-state index in [0.29, 0.717) is 26.3 Å². The van der Waals surface area contributed by atoms with Gasteiger partial charge in [-0.1, -0.05) is 24.3 Å². The van der Waals surface area contributed by atoms with Crippen LogP contribution in [-0.4, -0.2) is 31.1 Å². The number of urea groups is 1. The van der Waals surface area contributed by atoms with Crippen LogP contribution in [0.1, 0.15) is 38.3 Å². The topological polar surface area (TPSA) is 79.5 Å². The third kappa shape index (κ3) is 8.21. The lowest BCUT2D eigenvalue weighted by atomic mass is 10.1. The van der Waals surface area contributed by atoms with Crippen molar-refractivity contribution < 1.29 is 14.3 Å². The van der Waals surface area contributed by atoms with Crippen LogP contribution in [0.25, 0.3) is 0 Å². The summed E-state index contributed by atoms with van der Waals surface area (Å²) in [6.07, 6.45) is 0.270. The smallest absolute Gasteiger partial charge is 0.315 e. The molecule has 0 saturated heterocycles. The molecule has 128 valence electrons.